The molecule has 0 fully saturated rings. The average Bonchev–Trinajstić information content (AvgIpc) is 2.24. The van der Waals surface area contributed by atoms with Crippen molar-refractivity contribution in [2.45, 2.75) is 6.18 Å². The Kier molecular flexibility index (Phi) is 4.81. The summed E-state index contributed by atoms with van der Waals surface area (Å²) in [5.41, 5.74) is -0.836. The fourth-order valence-corrected chi connectivity index (χ4v) is 1.63. The van der Waals surface area contributed by atoms with Crippen molar-refractivity contribution in [1.29, 1.82) is 0 Å². The largest absolute Gasteiger partial charge is 0.417 e. The Morgan fingerprint density at radius 3 is 2.28 bits per heavy atom. The van der Waals surface area contributed by atoms with Crippen LogP contribution < -0.4 is 4.90 Å². The number of hydrogen-bond acceptors (Lipinski definition) is 3. The van der Waals surface area contributed by atoms with Gasteiger partial charge in [-0.3, -0.25) is 0 Å². The van der Waals surface area contributed by atoms with Crippen LogP contribution in [0.2, 0.25) is 5.02 Å². The maximum atomic E-state index is 12.4. The minimum Gasteiger partial charge on any atom is -0.357 e. The van der Waals surface area contributed by atoms with Crippen molar-refractivity contribution in [1.82, 2.24) is 9.88 Å². The van der Waals surface area contributed by atoms with E-state index < -0.39 is 11.7 Å². The molecule has 0 atom stereocenters. The second-order valence-corrected chi connectivity index (χ2v) is 4.66. The molecule has 102 valence electrons. The lowest BCUT2D eigenvalue weighted by Gasteiger charge is -2.22. The molecule has 0 N–H and O–H groups in total. The van der Waals surface area contributed by atoms with Gasteiger partial charge in [0.2, 0.25) is 0 Å². The molecule has 0 radical (unpaired) electrons. The Labute approximate surface area is 109 Å². The first-order valence-corrected chi connectivity index (χ1v) is 5.68. The highest BCUT2D eigenvalue weighted by Gasteiger charge is 2.31. The number of nitrogens with zero attached hydrogens (tertiary/aromatic N) is 3. The van der Waals surface area contributed by atoms with E-state index in [-0.39, 0.29) is 5.02 Å². The van der Waals surface area contributed by atoms with Crippen LogP contribution in [0.3, 0.4) is 0 Å². The summed E-state index contributed by atoms with van der Waals surface area (Å²) in [6, 6.07) is 0.899. The topological polar surface area (TPSA) is 19.4 Å². The van der Waals surface area contributed by atoms with E-state index in [2.05, 4.69) is 4.98 Å². The predicted molar refractivity (Wildman–Crippen MR) is 66.1 cm³/mol. The lowest BCUT2D eigenvalue weighted by Crippen LogP contribution is -2.29. The number of anilines is 1. The number of likely N-dealkylation sites (N-methyl/N-ethyl adjacent to an activating group) is 2. The van der Waals surface area contributed by atoms with Gasteiger partial charge in [0.25, 0.3) is 0 Å². The van der Waals surface area contributed by atoms with Gasteiger partial charge in [-0.05, 0) is 20.2 Å². The second-order valence-electron chi connectivity index (χ2n) is 4.25. The Bertz CT molecular complexity index is 407. The van der Waals surface area contributed by atoms with Crippen LogP contribution in [0.25, 0.3) is 0 Å². The number of rotatable bonds is 4. The summed E-state index contributed by atoms with van der Waals surface area (Å²) < 4.78 is 37.3. The molecule has 1 rings (SSSR count). The van der Waals surface area contributed by atoms with E-state index >= 15 is 0 Å². The molecule has 7 heteroatoms. The van der Waals surface area contributed by atoms with Crippen LogP contribution in [0.4, 0.5) is 19.0 Å². The van der Waals surface area contributed by atoms with Gasteiger partial charge in [-0.15, -0.1) is 0 Å². The van der Waals surface area contributed by atoms with Gasteiger partial charge in [0.05, 0.1) is 10.6 Å². The molecule has 1 heterocycles. The van der Waals surface area contributed by atoms with Crippen molar-refractivity contribution >= 4 is 17.4 Å². The normalized spacial score (nSPS) is 12.0. The Morgan fingerprint density at radius 2 is 1.83 bits per heavy atom. The maximum absolute atomic E-state index is 12.4. The standard InChI is InChI=1S/C11H15ClF3N3/c1-17(2)4-5-18(3)10-9(12)6-8(7-16-10)11(13,14)15/h6-7H,4-5H2,1-3H3. The summed E-state index contributed by atoms with van der Waals surface area (Å²) >= 11 is 5.83. The molecule has 0 saturated heterocycles. The Hall–Kier alpha value is -1.01. The highest BCUT2D eigenvalue weighted by atomic mass is 35.5. The molecular weight excluding hydrogens is 267 g/mol. The van der Waals surface area contributed by atoms with Gasteiger partial charge in [0.15, 0.2) is 0 Å². The van der Waals surface area contributed by atoms with Gasteiger partial charge in [-0.2, -0.15) is 13.2 Å². The van der Waals surface area contributed by atoms with Crippen LogP contribution in [0, 0.1) is 0 Å². The van der Waals surface area contributed by atoms with Gasteiger partial charge < -0.3 is 9.80 Å². The Morgan fingerprint density at radius 1 is 1.22 bits per heavy atom. The monoisotopic (exact) mass is 281 g/mol. The predicted octanol–water partition coefficient (Wildman–Crippen LogP) is 2.75. The third-order valence-corrected chi connectivity index (χ3v) is 2.67. The van der Waals surface area contributed by atoms with Crippen molar-refractivity contribution in [2.75, 3.05) is 39.1 Å². The van der Waals surface area contributed by atoms with E-state index in [1.54, 1.807) is 11.9 Å². The number of hydrogen-bond donors (Lipinski definition) is 0. The van der Waals surface area contributed by atoms with E-state index in [0.29, 0.717) is 12.4 Å². The van der Waals surface area contributed by atoms with E-state index in [9.17, 15) is 13.2 Å². The SMILES string of the molecule is CN(C)CCN(C)c1ncc(C(F)(F)F)cc1Cl. The van der Waals surface area contributed by atoms with E-state index in [0.717, 1.165) is 18.8 Å². The van der Waals surface area contributed by atoms with Crippen LogP contribution in [0.1, 0.15) is 5.56 Å². The van der Waals surface area contributed by atoms with Crippen LogP contribution in [-0.4, -0.2) is 44.1 Å². The average molecular weight is 282 g/mol. The molecule has 0 amide bonds. The molecule has 1 aromatic rings. The van der Waals surface area contributed by atoms with Crippen molar-refractivity contribution in [3.05, 3.63) is 22.8 Å². The highest BCUT2D eigenvalue weighted by molar-refractivity contribution is 6.33. The quantitative estimate of drug-likeness (QED) is 0.846. The first-order valence-electron chi connectivity index (χ1n) is 5.30. The van der Waals surface area contributed by atoms with Gasteiger partial charge in [-0.1, -0.05) is 11.6 Å². The summed E-state index contributed by atoms with van der Waals surface area (Å²) in [4.78, 5) is 7.47. The number of aromatic nitrogens is 1. The second kappa shape index (κ2) is 5.75. The van der Waals surface area contributed by atoms with Crippen molar-refractivity contribution in [3.8, 4) is 0 Å². The lowest BCUT2D eigenvalue weighted by atomic mass is 10.2. The minimum atomic E-state index is -4.42. The van der Waals surface area contributed by atoms with Crippen LogP contribution in [0.5, 0.6) is 0 Å². The third-order valence-electron chi connectivity index (χ3n) is 2.39. The first kappa shape index (κ1) is 15.0. The zero-order valence-corrected chi connectivity index (χ0v) is 11.2. The zero-order chi connectivity index (χ0) is 13.9. The summed E-state index contributed by atoms with van der Waals surface area (Å²) in [6.45, 7) is 1.39. The molecule has 0 aliphatic rings. The van der Waals surface area contributed by atoms with Gasteiger partial charge in [-0.25, -0.2) is 4.98 Å². The van der Waals surface area contributed by atoms with Crippen molar-refractivity contribution in [3.63, 3.8) is 0 Å². The Balaban J connectivity index is 2.85. The van der Waals surface area contributed by atoms with Crippen molar-refractivity contribution < 1.29 is 13.2 Å². The van der Waals surface area contributed by atoms with Gasteiger partial charge in [0, 0.05) is 26.3 Å². The summed E-state index contributed by atoms with van der Waals surface area (Å²) in [5, 5.41) is 0.00563. The van der Waals surface area contributed by atoms with Crippen LogP contribution in [0.15, 0.2) is 12.3 Å². The molecule has 0 aromatic carbocycles. The van der Waals surface area contributed by atoms with Crippen molar-refractivity contribution in [2.24, 2.45) is 0 Å². The highest BCUT2D eigenvalue weighted by Crippen LogP contribution is 2.33. The fourth-order valence-electron chi connectivity index (χ4n) is 1.32. The summed E-state index contributed by atoms with van der Waals surface area (Å²) in [7, 11) is 5.57. The molecule has 0 saturated carbocycles. The molecular formula is C11H15ClF3N3. The van der Waals surface area contributed by atoms with Gasteiger partial charge in [0.1, 0.15) is 5.82 Å². The van der Waals surface area contributed by atoms with Crippen LogP contribution >= 0.6 is 11.6 Å². The summed E-state index contributed by atoms with van der Waals surface area (Å²) in [5.74, 6) is 0.353. The summed E-state index contributed by atoms with van der Waals surface area (Å²) in [6.07, 6.45) is -3.62. The zero-order valence-electron chi connectivity index (χ0n) is 10.4. The van der Waals surface area contributed by atoms with E-state index in [1.165, 1.54) is 0 Å². The first-order chi connectivity index (χ1) is 8.21. The molecule has 0 bridgehead atoms. The fraction of sp³-hybridized carbons (Fsp3) is 0.545. The van der Waals surface area contributed by atoms with Gasteiger partial charge >= 0.3 is 6.18 Å². The molecule has 0 unspecified atom stereocenters. The molecule has 1 aromatic heterocycles. The van der Waals surface area contributed by atoms with E-state index in [4.69, 9.17) is 11.6 Å². The molecule has 3 nitrogen and oxygen atoms in total. The smallest absolute Gasteiger partial charge is 0.357 e. The molecule has 0 spiro atoms. The number of halogens is 4. The van der Waals surface area contributed by atoms with E-state index in [1.807, 2.05) is 19.0 Å². The molecule has 0 aliphatic carbocycles. The minimum absolute atomic E-state index is 0.00563. The maximum Gasteiger partial charge on any atom is 0.417 e. The number of alkyl halides is 3. The van der Waals surface area contributed by atoms with Crippen LogP contribution in [-0.2, 0) is 6.18 Å². The third kappa shape index (κ3) is 4.03. The lowest BCUT2D eigenvalue weighted by molar-refractivity contribution is -0.137. The number of pyridine rings is 1. The molecule has 0 aliphatic heterocycles. The molecule has 18 heavy (non-hydrogen) atoms.